The van der Waals surface area contributed by atoms with Gasteiger partial charge in [0, 0.05) is 45.1 Å². The molecule has 1 fully saturated rings. The second-order valence-electron chi connectivity index (χ2n) is 8.64. The zero-order valence-electron chi connectivity index (χ0n) is 20.2. The van der Waals surface area contributed by atoms with Crippen LogP contribution in [0.4, 0.5) is 0 Å². The minimum atomic E-state index is -0.508. The third-order valence-electron chi connectivity index (χ3n) is 6.41. The van der Waals surface area contributed by atoms with Crippen molar-refractivity contribution in [2.75, 3.05) is 33.3 Å². The summed E-state index contributed by atoms with van der Waals surface area (Å²) in [5.41, 5.74) is 1.66. The monoisotopic (exact) mass is 489 g/mol. The highest BCUT2D eigenvalue weighted by Crippen LogP contribution is 2.24. The fourth-order valence-electron chi connectivity index (χ4n) is 4.42. The van der Waals surface area contributed by atoms with Crippen LogP contribution in [-0.4, -0.2) is 69.3 Å². The number of ether oxygens (including phenoxy) is 1. The van der Waals surface area contributed by atoms with Gasteiger partial charge in [0.1, 0.15) is 11.5 Å². The Morgan fingerprint density at radius 1 is 1.03 bits per heavy atom. The smallest absolute Gasteiger partial charge is 0.373 e. The first-order valence-corrected chi connectivity index (χ1v) is 11.9. The summed E-state index contributed by atoms with van der Waals surface area (Å²) in [6, 6.07) is 12.6. The van der Waals surface area contributed by atoms with Gasteiger partial charge in [0.15, 0.2) is 0 Å². The van der Waals surface area contributed by atoms with Crippen LogP contribution in [0.15, 0.2) is 64.1 Å². The number of pyridine rings is 1. The van der Waals surface area contributed by atoms with Crippen LogP contribution in [0.5, 0.6) is 0 Å². The number of fused-ring (bicyclic) bond motifs is 1. The molecular weight excluding hydrogens is 462 g/mol. The van der Waals surface area contributed by atoms with E-state index in [0.717, 1.165) is 0 Å². The summed E-state index contributed by atoms with van der Waals surface area (Å²) in [6.07, 6.45) is 3.53. The molecule has 0 atom stereocenters. The lowest BCUT2D eigenvalue weighted by atomic mass is 10.1. The number of aromatic nitrogens is 3. The Bertz CT molecular complexity index is 1410. The molecule has 10 heteroatoms. The van der Waals surface area contributed by atoms with Crippen molar-refractivity contribution in [1.82, 2.24) is 24.1 Å². The number of piperazine rings is 1. The van der Waals surface area contributed by atoms with Crippen LogP contribution >= 0.6 is 0 Å². The number of benzene rings is 1. The summed E-state index contributed by atoms with van der Waals surface area (Å²) >= 11 is 0. The number of hydrogen-bond acceptors (Lipinski definition) is 7. The van der Waals surface area contributed by atoms with Gasteiger partial charge in [-0.3, -0.25) is 14.5 Å². The molecule has 10 nitrogen and oxygen atoms in total. The zero-order valence-corrected chi connectivity index (χ0v) is 20.2. The maximum absolute atomic E-state index is 13.6. The summed E-state index contributed by atoms with van der Waals surface area (Å²) in [5.74, 6) is 0.182. The molecule has 1 aromatic heterocycles. The average molecular weight is 490 g/mol. The molecule has 0 saturated carbocycles. The van der Waals surface area contributed by atoms with Gasteiger partial charge in [0.25, 0.3) is 11.5 Å². The molecule has 1 amide bonds. The number of hydrogen-bond donors (Lipinski definition) is 0. The number of methoxy groups -OCH3 is 1. The lowest BCUT2D eigenvalue weighted by molar-refractivity contribution is 0.0549. The van der Waals surface area contributed by atoms with Crippen molar-refractivity contribution in [3.63, 3.8) is 0 Å². The number of para-hydroxylation sites is 1. The van der Waals surface area contributed by atoms with Gasteiger partial charge in [-0.15, -0.1) is 0 Å². The first kappa shape index (κ1) is 23.6. The summed E-state index contributed by atoms with van der Waals surface area (Å²) in [4.78, 5) is 42.3. The van der Waals surface area contributed by atoms with Gasteiger partial charge in [-0.2, -0.15) is 9.78 Å². The fraction of sp³-hybridized carbons (Fsp3) is 0.308. The Labute approximate surface area is 207 Å². The van der Waals surface area contributed by atoms with E-state index in [2.05, 4.69) is 14.7 Å². The predicted molar refractivity (Wildman–Crippen MR) is 131 cm³/mol. The van der Waals surface area contributed by atoms with Gasteiger partial charge >= 0.3 is 5.97 Å². The van der Waals surface area contributed by atoms with Crippen molar-refractivity contribution in [3.8, 4) is 16.9 Å². The van der Waals surface area contributed by atoms with E-state index in [1.54, 1.807) is 29.4 Å². The van der Waals surface area contributed by atoms with Crippen LogP contribution in [0, 0.1) is 0 Å². The third kappa shape index (κ3) is 4.42. The van der Waals surface area contributed by atoms with Gasteiger partial charge in [-0.05, 0) is 31.2 Å². The normalized spacial score (nSPS) is 14.3. The predicted octanol–water partition coefficient (Wildman–Crippen LogP) is 2.50. The Kier molecular flexibility index (Phi) is 6.43. The minimum Gasteiger partial charge on any atom is -0.463 e. The molecular formula is C26H27N5O5. The Morgan fingerprint density at radius 3 is 2.47 bits per heavy atom. The van der Waals surface area contributed by atoms with Gasteiger partial charge < -0.3 is 18.6 Å². The van der Waals surface area contributed by atoms with Crippen molar-refractivity contribution in [3.05, 3.63) is 82.3 Å². The van der Waals surface area contributed by atoms with E-state index in [1.807, 2.05) is 41.8 Å². The standard InChI is InChI=1S/C26H27N5O5/c1-3-28-16-20(23-21(17-28)25(33)31(27-23)18-7-5-4-6-8-18)24(32)30-13-11-29(12-14-30)15-19-9-10-22(36-19)26(34)35-2/h4-10,16-17H,3,11-15H2,1-2H3. The number of aryl methyl sites for hydroxylation is 1. The van der Waals surface area contributed by atoms with Crippen molar-refractivity contribution in [2.45, 2.75) is 20.0 Å². The second kappa shape index (κ2) is 9.82. The molecule has 0 bridgehead atoms. The van der Waals surface area contributed by atoms with E-state index in [9.17, 15) is 14.4 Å². The van der Waals surface area contributed by atoms with Gasteiger partial charge in [0.2, 0.25) is 5.76 Å². The molecule has 0 unspecified atom stereocenters. The van der Waals surface area contributed by atoms with Crippen molar-refractivity contribution < 1.29 is 18.7 Å². The Hall–Kier alpha value is -4.18. The molecule has 3 aliphatic rings. The van der Waals surface area contributed by atoms with E-state index >= 15 is 0 Å². The second-order valence-corrected chi connectivity index (χ2v) is 8.64. The molecule has 1 aromatic carbocycles. The lowest BCUT2D eigenvalue weighted by Gasteiger charge is -2.34. The van der Waals surface area contributed by atoms with E-state index in [4.69, 9.17) is 4.42 Å². The number of carbonyl (C=O) groups excluding carboxylic acids is 2. The number of carbonyl (C=O) groups is 2. The highest BCUT2D eigenvalue weighted by Gasteiger charge is 2.29. The maximum Gasteiger partial charge on any atom is 0.373 e. The number of nitrogens with zero attached hydrogens (tertiary/aromatic N) is 5. The zero-order chi connectivity index (χ0) is 25.2. The fourth-order valence-corrected chi connectivity index (χ4v) is 4.42. The quantitative estimate of drug-likeness (QED) is 0.384. The Morgan fingerprint density at radius 2 is 1.78 bits per heavy atom. The molecule has 0 spiro atoms. The summed E-state index contributed by atoms with van der Waals surface area (Å²) in [5, 5.41) is 4.55. The highest BCUT2D eigenvalue weighted by molar-refractivity contribution is 6.00. The summed E-state index contributed by atoms with van der Waals surface area (Å²) in [7, 11) is 1.31. The molecule has 0 aliphatic carbocycles. The maximum atomic E-state index is 13.6. The SMILES string of the molecule is CCn1cc(C(=O)N2CCN(Cc3ccc(C(=O)OC)o3)CC2)c2nn(-c3ccccc3)c(=O)c-2c1. The first-order valence-electron chi connectivity index (χ1n) is 11.9. The molecule has 4 heterocycles. The number of amides is 1. The van der Waals surface area contributed by atoms with E-state index in [1.165, 1.54) is 11.8 Å². The number of rotatable bonds is 6. The molecule has 36 heavy (non-hydrogen) atoms. The van der Waals surface area contributed by atoms with E-state index in [0.29, 0.717) is 67.5 Å². The Balaban J connectivity index is 1.34. The van der Waals surface area contributed by atoms with E-state index in [-0.39, 0.29) is 17.2 Å². The third-order valence-corrected chi connectivity index (χ3v) is 6.41. The molecule has 0 N–H and O–H groups in total. The number of furan rings is 1. The molecule has 5 rings (SSSR count). The average Bonchev–Trinajstić information content (AvgIpc) is 3.52. The molecule has 1 saturated heterocycles. The van der Waals surface area contributed by atoms with Gasteiger partial charge in [-0.25, -0.2) is 4.79 Å². The molecule has 2 aromatic rings. The van der Waals surface area contributed by atoms with Crippen LogP contribution in [0.25, 0.3) is 16.9 Å². The van der Waals surface area contributed by atoms with E-state index < -0.39 is 5.97 Å². The van der Waals surface area contributed by atoms with Gasteiger partial charge in [0.05, 0.1) is 30.5 Å². The van der Waals surface area contributed by atoms with Crippen LogP contribution in [0.2, 0.25) is 0 Å². The number of esters is 1. The first-order chi connectivity index (χ1) is 17.5. The highest BCUT2D eigenvalue weighted by atomic mass is 16.5. The van der Waals surface area contributed by atoms with Crippen LogP contribution in [0.1, 0.15) is 33.6 Å². The largest absolute Gasteiger partial charge is 0.463 e. The molecule has 0 radical (unpaired) electrons. The van der Waals surface area contributed by atoms with Crippen LogP contribution in [0.3, 0.4) is 0 Å². The van der Waals surface area contributed by atoms with Crippen LogP contribution < -0.4 is 5.56 Å². The van der Waals surface area contributed by atoms with Crippen LogP contribution in [-0.2, 0) is 17.8 Å². The molecule has 3 aliphatic heterocycles. The van der Waals surface area contributed by atoms with Crippen molar-refractivity contribution >= 4 is 11.9 Å². The molecule has 186 valence electrons. The minimum absolute atomic E-state index is 0.147. The summed E-state index contributed by atoms with van der Waals surface area (Å²) in [6.45, 7) is 5.46. The van der Waals surface area contributed by atoms with Crippen molar-refractivity contribution in [2.24, 2.45) is 0 Å². The van der Waals surface area contributed by atoms with Crippen molar-refractivity contribution in [1.29, 1.82) is 0 Å². The lowest BCUT2D eigenvalue weighted by Crippen LogP contribution is -2.48. The topological polar surface area (TPSA) is 103 Å². The van der Waals surface area contributed by atoms with Gasteiger partial charge in [-0.1, -0.05) is 18.2 Å². The summed E-state index contributed by atoms with van der Waals surface area (Å²) < 4.78 is 13.5.